The number of esters is 1. The summed E-state index contributed by atoms with van der Waals surface area (Å²) in [7, 11) is 1.09. The number of ether oxygens (including phenoxy) is 1. The molecule has 0 aliphatic heterocycles. The highest BCUT2D eigenvalue weighted by Crippen LogP contribution is 2.31. The summed E-state index contributed by atoms with van der Waals surface area (Å²) < 4.78 is 57.1. The molecule has 0 aliphatic carbocycles. The van der Waals surface area contributed by atoms with Crippen LogP contribution in [0.25, 0.3) is 0 Å². The van der Waals surface area contributed by atoms with Crippen molar-refractivity contribution in [1.29, 1.82) is 0 Å². The van der Waals surface area contributed by atoms with Gasteiger partial charge in [0.15, 0.2) is 0 Å². The van der Waals surface area contributed by atoms with Gasteiger partial charge in [-0.05, 0) is 42.8 Å². The van der Waals surface area contributed by atoms with Crippen LogP contribution in [-0.2, 0) is 4.74 Å². The molecule has 0 aliphatic rings. The molecule has 0 atom stereocenters. The molecule has 2 aromatic carbocycles. The lowest BCUT2D eigenvalue weighted by Gasteiger charge is -2.15. The number of nitrogens with one attached hydrogen (secondary N) is 1. The van der Waals surface area contributed by atoms with Crippen LogP contribution < -0.4 is 5.32 Å². The van der Waals surface area contributed by atoms with E-state index in [0.717, 1.165) is 13.2 Å². The zero-order chi connectivity index (χ0) is 17.1. The van der Waals surface area contributed by atoms with Gasteiger partial charge in [-0.15, -0.1) is 0 Å². The molecule has 0 bridgehead atoms. The van der Waals surface area contributed by atoms with Gasteiger partial charge in [-0.1, -0.05) is 0 Å². The van der Waals surface area contributed by atoms with E-state index in [1.54, 1.807) is 6.92 Å². The summed E-state index contributed by atoms with van der Waals surface area (Å²) in [5, 5.41) is 2.74. The predicted octanol–water partition coefficient (Wildman–Crippen LogP) is 4.74. The van der Waals surface area contributed by atoms with E-state index in [1.807, 2.05) is 0 Å². The van der Waals surface area contributed by atoms with Crippen molar-refractivity contribution < 1.29 is 27.1 Å². The van der Waals surface area contributed by atoms with E-state index in [2.05, 4.69) is 10.1 Å². The van der Waals surface area contributed by atoms with Gasteiger partial charge < -0.3 is 10.1 Å². The number of rotatable bonds is 4. The van der Waals surface area contributed by atoms with Gasteiger partial charge in [0.25, 0.3) is 6.43 Å². The van der Waals surface area contributed by atoms with Crippen molar-refractivity contribution in [2.45, 2.75) is 13.3 Å². The Labute approximate surface area is 129 Å². The second-order valence-corrected chi connectivity index (χ2v) is 4.80. The number of carbonyl (C=O) groups excluding carboxylic acids is 1. The predicted molar refractivity (Wildman–Crippen MR) is 77.1 cm³/mol. The van der Waals surface area contributed by atoms with Crippen LogP contribution in [-0.4, -0.2) is 13.1 Å². The van der Waals surface area contributed by atoms with Crippen LogP contribution in [0.15, 0.2) is 30.3 Å². The third-order valence-corrected chi connectivity index (χ3v) is 3.24. The maximum absolute atomic E-state index is 13.7. The largest absolute Gasteiger partial charge is 0.465 e. The number of alkyl halides is 2. The van der Waals surface area contributed by atoms with Gasteiger partial charge >= 0.3 is 5.97 Å². The summed E-state index contributed by atoms with van der Waals surface area (Å²) >= 11 is 0. The van der Waals surface area contributed by atoms with Gasteiger partial charge in [0.2, 0.25) is 0 Å². The van der Waals surface area contributed by atoms with Crippen LogP contribution in [0, 0.1) is 18.6 Å². The second-order valence-electron chi connectivity index (χ2n) is 4.80. The number of methoxy groups -OCH3 is 1. The topological polar surface area (TPSA) is 38.3 Å². The van der Waals surface area contributed by atoms with Crippen LogP contribution in [0.5, 0.6) is 0 Å². The lowest BCUT2D eigenvalue weighted by atomic mass is 10.1. The summed E-state index contributed by atoms with van der Waals surface area (Å²) in [6, 6.07) is 5.32. The van der Waals surface area contributed by atoms with E-state index in [9.17, 15) is 22.4 Å². The van der Waals surface area contributed by atoms with Gasteiger partial charge in [-0.2, -0.15) is 0 Å². The van der Waals surface area contributed by atoms with E-state index >= 15 is 0 Å². The van der Waals surface area contributed by atoms with Gasteiger partial charge in [0.05, 0.1) is 23.9 Å². The average molecular weight is 327 g/mol. The first-order valence-corrected chi connectivity index (χ1v) is 6.56. The van der Waals surface area contributed by atoms with Crippen LogP contribution in [0.3, 0.4) is 0 Å². The molecular weight excluding hydrogens is 314 g/mol. The van der Waals surface area contributed by atoms with E-state index < -0.39 is 29.6 Å². The summed E-state index contributed by atoms with van der Waals surface area (Å²) in [5.41, 5.74) is -0.256. The maximum atomic E-state index is 13.7. The van der Waals surface area contributed by atoms with Crippen LogP contribution >= 0.6 is 0 Å². The number of carbonyl (C=O) groups is 1. The first-order chi connectivity index (χ1) is 10.8. The number of halogens is 4. The molecule has 0 spiro atoms. The number of benzene rings is 2. The molecule has 0 aromatic heterocycles. The molecule has 0 saturated carbocycles. The monoisotopic (exact) mass is 327 g/mol. The lowest BCUT2D eigenvalue weighted by molar-refractivity contribution is 0.0600. The molecule has 122 valence electrons. The van der Waals surface area contributed by atoms with E-state index in [1.165, 1.54) is 18.2 Å². The molecule has 0 radical (unpaired) electrons. The smallest absolute Gasteiger partial charge is 0.340 e. The van der Waals surface area contributed by atoms with Crippen molar-refractivity contribution >= 4 is 17.3 Å². The molecule has 0 fully saturated rings. The highest BCUT2D eigenvalue weighted by molar-refractivity contribution is 5.96. The Kier molecular flexibility index (Phi) is 4.88. The summed E-state index contributed by atoms with van der Waals surface area (Å²) in [6.45, 7) is 1.60. The van der Waals surface area contributed by atoms with Gasteiger partial charge in [0, 0.05) is 5.69 Å². The van der Waals surface area contributed by atoms with Gasteiger partial charge in [-0.25, -0.2) is 22.4 Å². The molecular formula is C16H13F4NO2. The second kappa shape index (κ2) is 6.68. The minimum absolute atomic E-state index is 0.0525. The van der Waals surface area contributed by atoms with E-state index in [0.29, 0.717) is 17.3 Å². The normalized spacial score (nSPS) is 10.7. The van der Waals surface area contributed by atoms with Crippen molar-refractivity contribution in [3.63, 3.8) is 0 Å². The molecule has 23 heavy (non-hydrogen) atoms. The Bertz CT molecular complexity index is 747. The highest BCUT2D eigenvalue weighted by atomic mass is 19.3. The van der Waals surface area contributed by atoms with Crippen LogP contribution in [0.2, 0.25) is 0 Å². The van der Waals surface area contributed by atoms with E-state index in [4.69, 9.17) is 0 Å². The maximum Gasteiger partial charge on any atom is 0.340 e. The minimum Gasteiger partial charge on any atom is -0.465 e. The number of hydrogen-bond acceptors (Lipinski definition) is 3. The van der Waals surface area contributed by atoms with Crippen molar-refractivity contribution in [3.8, 4) is 0 Å². The standard InChI is InChI=1S/C16H13F4NO2/c1-8-5-9(17)3-4-13(8)21-14-7-10(15(19)20)12(18)6-11(14)16(22)23-2/h3-7,15,21H,1-2H3. The number of hydrogen-bond donors (Lipinski definition) is 1. The molecule has 0 saturated heterocycles. The highest BCUT2D eigenvalue weighted by Gasteiger charge is 2.21. The van der Waals surface area contributed by atoms with Gasteiger partial charge in [-0.3, -0.25) is 0 Å². The molecule has 0 unspecified atom stereocenters. The van der Waals surface area contributed by atoms with Crippen molar-refractivity contribution in [2.75, 3.05) is 12.4 Å². The molecule has 7 heteroatoms. The Morgan fingerprint density at radius 2 is 1.83 bits per heavy atom. The fraction of sp³-hybridized carbons (Fsp3) is 0.188. The molecule has 2 aromatic rings. The lowest BCUT2D eigenvalue weighted by Crippen LogP contribution is -2.08. The molecule has 1 N–H and O–H groups in total. The van der Waals surface area contributed by atoms with Crippen molar-refractivity contribution in [1.82, 2.24) is 0 Å². The molecule has 0 amide bonds. The summed E-state index contributed by atoms with van der Waals surface area (Å²) in [4.78, 5) is 11.7. The quantitative estimate of drug-likeness (QED) is 0.651. The minimum atomic E-state index is -3.04. The molecule has 2 rings (SSSR count). The molecule has 3 nitrogen and oxygen atoms in total. The Hall–Kier alpha value is -2.57. The first-order valence-electron chi connectivity index (χ1n) is 6.56. The Morgan fingerprint density at radius 1 is 1.13 bits per heavy atom. The number of anilines is 2. The molecule has 0 heterocycles. The van der Waals surface area contributed by atoms with E-state index in [-0.39, 0.29) is 11.3 Å². The summed E-state index contributed by atoms with van der Waals surface area (Å²) in [6.07, 6.45) is -3.04. The SMILES string of the molecule is COC(=O)c1cc(F)c(C(F)F)cc1Nc1ccc(F)cc1C. The number of aryl methyl sites for hydroxylation is 1. The zero-order valence-electron chi connectivity index (χ0n) is 12.3. The fourth-order valence-corrected chi connectivity index (χ4v) is 2.05. The Morgan fingerprint density at radius 3 is 2.39 bits per heavy atom. The third-order valence-electron chi connectivity index (χ3n) is 3.24. The van der Waals surface area contributed by atoms with Crippen molar-refractivity contribution in [2.24, 2.45) is 0 Å². The van der Waals surface area contributed by atoms with Crippen molar-refractivity contribution in [3.05, 3.63) is 58.7 Å². The Balaban J connectivity index is 2.53. The van der Waals surface area contributed by atoms with Gasteiger partial charge in [0.1, 0.15) is 11.6 Å². The first kappa shape index (κ1) is 16.8. The third kappa shape index (κ3) is 3.61. The fourth-order valence-electron chi connectivity index (χ4n) is 2.05. The van der Waals surface area contributed by atoms with Crippen LogP contribution in [0.4, 0.5) is 28.9 Å². The summed E-state index contributed by atoms with van der Waals surface area (Å²) in [5.74, 6) is -2.55. The van der Waals surface area contributed by atoms with Crippen LogP contribution in [0.1, 0.15) is 27.9 Å². The zero-order valence-corrected chi connectivity index (χ0v) is 12.3. The average Bonchev–Trinajstić information content (AvgIpc) is 2.50.